The maximum absolute atomic E-state index is 13.1. The van der Waals surface area contributed by atoms with E-state index in [2.05, 4.69) is 5.32 Å². The minimum atomic E-state index is -0.585. The van der Waals surface area contributed by atoms with Crippen molar-refractivity contribution in [2.24, 2.45) is 0 Å². The normalized spacial score (nSPS) is 10.2. The molecule has 6 heteroatoms. The Morgan fingerprint density at radius 1 is 1.26 bits per heavy atom. The third kappa shape index (κ3) is 2.95. The first-order valence-corrected chi connectivity index (χ1v) is 5.70. The fourth-order valence-corrected chi connectivity index (χ4v) is 1.72. The maximum Gasteiger partial charge on any atom is 0.257 e. The molecule has 0 heterocycles. The molecule has 2 rings (SSSR count). The van der Waals surface area contributed by atoms with Crippen LogP contribution in [0, 0.1) is 5.82 Å². The van der Waals surface area contributed by atoms with E-state index in [9.17, 15) is 14.3 Å². The third-order valence-corrected chi connectivity index (χ3v) is 2.79. The smallest absolute Gasteiger partial charge is 0.257 e. The largest absolute Gasteiger partial charge is 0.508 e. The number of anilines is 2. The molecular weight excluding hydrogens is 271 g/mol. The molecule has 0 aliphatic carbocycles. The number of nitrogens with two attached hydrogens (primary N) is 1. The molecular formula is C13H10ClFN2O2. The van der Waals surface area contributed by atoms with E-state index in [1.54, 1.807) is 0 Å². The quantitative estimate of drug-likeness (QED) is 0.740. The Hall–Kier alpha value is -2.27. The molecule has 1 amide bonds. The van der Waals surface area contributed by atoms with Gasteiger partial charge < -0.3 is 16.2 Å². The SMILES string of the molecule is Nc1ccc(F)cc1NC(=O)c1cc(O)ccc1Cl. The van der Waals surface area contributed by atoms with Crippen molar-refractivity contribution in [1.29, 1.82) is 0 Å². The number of benzene rings is 2. The Kier molecular flexibility index (Phi) is 3.57. The van der Waals surface area contributed by atoms with Crippen molar-refractivity contribution in [2.75, 3.05) is 11.1 Å². The van der Waals surface area contributed by atoms with Crippen molar-refractivity contribution in [2.45, 2.75) is 0 Å². The average molecular weight is 281 g/mol. The summed E-state index contributed by atoms with van der Waals surface area (Å²) in [4.78, 5) is 12.0. The highest BCUT2D eigenvalue weighted by molar-refractivity contribution is 6.34. The summed E-state index contributed by atoms with van der Waals surface area (Å²) in [5.74, 6) is -1.20. The van der Waals surface area contributed by atoms with Crippen molar-refractivity contribution >= 4 is 28.9 Å². The number of carbonyl (C=O) groups excluding carboxylic acids is 1. The second-order valence-electron chi connectivity index (χ2n) is 3.85. The lowest BCUT2D eigenvalue weighted by Crippen LogP contribution is -2.13. The third-order valence-electron chi connectivity index (χ3n) is 2.46. The average Bonchev–Trinajstić information content (AvgIpc) is 2.36. The molecule has 2 aromatic carbocycles. The highest BCUT2D eigenvalue weighted by Gasteiger charge is 2.13. The fraction of sp³-hybridized carbons (Fsp3) is 0. The minimum absolute atomic E-state index is 0.0744. The van der Waals surface area contributed by atoms with Crippen LogP contribution in [0.4, 0.5) is 15.8 Å². The molecule has 0 aliphatic rings. The van der Waals surface area contributed by atoms with Crippen molar-refractivity contribution in [1.82, 2.24) is 0 Å². The van der Waals surface area contributed by atoms with Crippen LogP contribution < -0.4 is 11.1 Å². The molecule has 2 aromatic rings. The van der Waals surface area contributed by atoms with Gasteiger partial charge in [0.1, 0.15) is 11.6 Å². The van der Waals surface area contributed by atoms with Crippen molar-refractivity contribution in [3.05, 3.63) is 52.8 Å². The van der Waals surface area contributed by atoms with Gasteiger partial charge in [0, 0.05) is 0 Å². The van der Waals surface area contributed by atoms with Gasteiger partial charge in [-0.2, -0.15) is 0 Å². The molecule has 4 N–H and O–H groups in total. The van der Waals surface area contributed by atoms with Gasteiger partial charge in [-0.05, 0) is 36.4 Å². The van der Waals surface area contributed by atoms with E-state index in [4.69, 9.17) is 17.3 Å². The molecule has 98 valence electrons. The Labute approximate surface area is 113 Å². The van der Waals surface area contributed by atoms with Crippen LogP contribution in [0.5, 0.6) is 5.75 Å². The van der Waals surface area contributed by atoms with E-state index in [0.717, 1.165) is 6.07 Å². The minimum Gasteiger partial charge on any atom is -0.508 e. The van der Waals surface area contributed by atoms with Crippen LogP contribution in [-0.2, 0) is 0 Å². The first-order valence-electron chi connectivity index (χ1n) is 5.32. The first kappa shape index (κ1) is 13.2. The summed E-state index contributed by atoms with van der Waals surface area (Å²) < 4.78 is 13.1. The zero-order valence-electron chi connectivity index (χ0n) is 9.65. The molecule has 0 aliphatic heterocycles. The number of nitrogens with one attached hydrogen (secondary N) is 1. The van der Waals surface area contributed by atoms with E-state index >= 15 is 0 Å². The van der Waals surface area contributed by atoms with Gasteiger partial charge >= 0.3 is 0 Å². The van der Waals surface area contributed by atoms with Crippen LogP contribution >= 0.6 is 11.6 Å². The van der Waals surface area contributed by atoms with Gasteiger partial charge in [0.15, 0.2) is 0 Å². The Morgan fingerprint density at radius 2 is 2.00 bits per heavy atom. The molecule has 19 heavy (non-hydrogen) atoms. The summed E-state index contributed by atoms with van der Waals surface area (Å²) in [6, 6.07) is 7.59. The predicted molar refractivity (Wildman–Crippen MR) is 71.9 cm³/mol. The standard InChI is InChI=1S/C13H10ClFN2O2/c14-10-3-2-8(18)6-9(10)13(19)17-12-5-7(15)1-4-11(12)16/h1-6,18H,16H2,(H,17,19). The zero-order valence-corrected chi connectivity index (χ0v) is 10.4. The number of phenolic OH excluding ortho intramolecular Hbond substituents is 1. The van der Waals surface area contributed by atoms with E-state index < -0.39 is 11.7 Å². The molecule has 0 bridgehead atoms. The molecule has 0 atom stereocenters. The van der Waals surface area contributed by atoms with Gasteiger partial charge in [0.2, 0.25) is 0 Å². The van der Waals surface area contributed by atoms with Crippen LogP contribution in [0.15, 0.2) is 36.4 Å². The van der Waals surface area contributed by atoms with Gasteiger partial charge in [-0.25, -0.2) is 4.39 Å². The van der Waals surface area contributed by atoms with E-state index in [1.807, 2.05) is 0 Å². The lowest BCUT2D eigenvalue weighted by atomic mass is 10.2. The van der Waals surface area contributed by atoms with Crippen molar-refractivity contribution < 1.29 is 14.3 Å². The van der Waals surface area contributed by atoms with E-state index in [-0.39, 0.29) is 27.7 Å². The number of hydrogen-bond donors (Lipinski definition) is 3. The number of aromatic hydroxyl groups is 1. The molecule has 4 nitrogen and oxygen atoms in total. The number of nitrogen functional groups attached to an aromatic ring is 1. The highest BCUT2D eigenvalue weighted by Crippen LogP contribution is 2.24. The van der Waals surface area contributed by atoms with Crippen LogP contribution in [0.2, 0.25) is 5.02 Å². The first-order chi connectivity index (χ1) is 8.97. The van der Waals surface area contributed by atoms with Gasteiger partial charge in [0.25, 0.3) is 5.91 Å². The number of amides is 1. The summed E-state index contributed by atoms with van der Waals surface area (Å²) >= 11 is 5.85. The fourth-order valence-electron chi connectivity index (χ4n) is 1.51. The topological polar surface area (TPSA) is 75.3 Å². The van der Waals surface area contributed by atoms with Crippen molar-refractivity contribution in [3.63, 3.8) is 0 Å². The van der Waals surface area contributed by atoms with Gasteiger partial charge in [0.05, 0.1) is 22.0 Å². The monoisotopic (exact) mass is 280 g/mol. The predicted octanol–water partition coefficient (Wildman–Crippen LogP) is 3.02. The van der Waals surface area contributed by atoms with Crippen molar-refractivity contribution in [3.8, 4) is 5.75 Å². The van der Waals surface area contributed by atoms with Crippen LogP contribution in [-0.4, -0.2) is 11.0 Å². The number of rotatable bonds is 2. The number of hydrogen-bond acceptors (Lipinski definition) is 3. The Morgan fingerprint density at radius 3 is 2.74 bits per heavy atom. The van der Waals surface area contributed by atoms with Gasteiger partial charge in [-0.1, -0.05) is 11.6 Å². The highest BCUT2D eigenvalue weighted by atomic mass is 35.5. The van der Waals surface area contributed by atoms with E-state index in [1.165, 1.54) is 30.3 Å². The number of phenols is 1. The second-order valence-corrected chi connectivity index (χ2v) is 4.26. The van der Waals surface area contributed by atoms with Gasteiger partial charge in [-0.15, -0.1) is 0 Å². The molecule has 0 fully saturated rings. The Bertz CT molecular complexity index is 647. The number of carbonyl (C=O) groups is 1. The van der Waals surface area contributed by atoms with Crippen LogP contribution in [0.3, 0.4) is 0 Å². The Balaban J connectivity index is 2.30. The lowest BCUT2D eigenvalue weighted by molar-refractivity contribution is 0.102. The molecule has 0 saturated carbocycles. The molecule has 0 saturated heterocycles. The second kappa shape index (κ2) is 5.16. The molecule has 0 spiro atoms. The van der Waals surface area contributed by atoms with Gasteiger partial charge in [-0.3, -0.25) is 4.79 Å². The zero-order chi connectivity index (χ0) is 14.0. The number of halogens is 2. The van der Waals surface area contributed by atoms with E-state index in [0.29, 0.717) is 0 Å². The molecule has 0 unspecified atom stereocenters. The summed E-state index contributed by atoms with van der Waals surface area (Å²) in [7, 11) is 0. The lowest BCUT2D eigenvalue weighted by Gasteiger charge is -2.09. The summed E-state index contributed by atoms with van der Waals surface area (Å²) in [5, 5.41) is 11.9. The summed E-state index contributed by atoms with van der Waals surface area (Å²) in [6.07, 6.45) is 0. The molecule has 0 aromatic heterocycles. The summed E-state index contributed by atoms with van der Waals surface area (Å²) in [5.41, 5.74) is 6.07. The maximum atomic E-state index is 13.1. The van der Waals surface area contributed by atoms with Crippen LogP contribution in [0.1, 0.15) is 10.4 Å². The summed E-state index contributed by atoms with van der Waals surface area (Å²) in [6.45, 7) is 0. The molecule has 0 radical (unpaired) electrons. The van der Waals surface area contributed by atoms with Crippen LogP contribution in [0.25, 0.3) is 0 Å².